The third-order valence-corrected chi connectivity index (χ3v) is 4.48. The topological polar surface area (TPSA) is 77.8 Å². The smallest absolute Gasteiger partial charge is 0.247 e. The number of nitrogens with two attached hydrogens (primary N) is 1. The first-order valence-electron chi connectivity index (χ1n) is 7.73. The molecule has 3 aromatic rings. The summed E-state index contributed by atoms with van der Waals surface area (Å²) in [7, 11) is 0. The Kier molecular flexibility index (Phi) is 4.33. The van der Waals surface area contributed by atoms with E-state index in [-0.39, 0.29) is 12.4 Å². The van der Waals surface area contributed by atoms with Crippen molar-refractivity contribution in [3.8, 4) is 11.5 Å². The number of rotatable bonds is 2. The van der Waals surface area contributed by atoms with Gasteiger partial charge in [0.25, 0.3) is 0 Å². The largest absolute Gasteiger partial charge is 0.337 e. The molecule has 0 amide bonds. The van der Waals surface area contributed by atoms with Crippen molar-refractivity contribution in [3.05, 3.63) is 42.4 Å². The molecule has 0 atom stereocenters. The predicted molar refractivity (Wildman–Crippen MR) is 91.2 cm³/mol. The first kappa shape index (κ1) is 15.9. The van der Waals surface area contributed by atoms with Gasteiger partial charge in [-0.15, -0.1) is 12.4 Å². The lowest BCUT2D eigenvalue weighted by Crippen LogP contribution is -2.38. The maximum absolute atomic E-state index is 6.47. The average Bonchev–Trinajstić information content (AvgIpc) is 3.06. The van der Waals surface area contributed by atoms with E-state index in [1.165, 1.54) is 6.42 Å². The van der Waals surface area contributed by atoms with Crippen LogP contribution in [-0.2, 0) is 5.54 Å². The van der Waals surface area contributed by atoms with Crippen molar-refractivity contribution in [1.29, 1.82) is 0 Å². The molecule has 6 heteroatoms. The van der Waals surface area contributed by atoms with E-state index in [4.69, 9.17) is 10.3 Å². The molecule has 0 radical (unpaired) electrons. The summed E-state index contributed by atoms with van der Waals surface area (Å²) in [4.78, 5) is 8.99. The van der Waals surface area contributed by atoms with Gasteiger partial charge < -0.3 is 10.3 Å². The Balaban J connectivity index is 0.00000156. The van der Waals surface area contributed by atoms with Crippen molar-refractivity contribution in [3.63, 3.8) is 0 Å². The first-order chi connectivity index (χ1) is 10.8. The van der Waals surface area contributed by atoms with Crippen LogP contribution in [0.5, 0.6) is 0 Å². The molecule has 1 fully saturated rings. The number of pyridine rings is 1. The second kappa shape index (κ2) is 6.26. The molecule has 1 saturated carbocycles. The zero-order valence-corrected chi connectivity index (χ0v) is 13.6. The molecule has 2 heterocycles. The Hall–Kier alpha value is -1.98. The van der Waals surface area contributed by atoms with Gasteiger partial charge in [-0.25, -0.2) is 0 Å². The molecular formula is C17H19ClN4O. The predicted octanol–water partition coefficient (Wildman–Crippen LogP) is 3.82. The molecule has 1 aliphatic rings. The fraction of sp³-hybridized carbons (Fsp3) is 0.353. The number of halogens is 1. The van der Waals surface area contributed by atoms with E-state index < -0.39 is 5.54 Å². The summed E-state index contributed by atoms with van der Waals surface area (Å²) in [5, 5.41) is 6.26. The van der Waals surface area contributed by atoms with Crippen LogP contribution in [0.3, 0.4) is 0 Å². The van der Waals surface area contributed by atoms with E-state index in [9.17, 15) is 0 Å². The average molecular weight is 331 g/mol. The summed E-state index contributed by atoms with van der Waals surface area (Å²) in [6, 6.07) is 10.0. The number of hydrogen-bond donors (Lipinski definition) is 1. The maximum Gasteiger partial charge on any atom is 0.247 e. The van der Waals surface area contributed by atoms with Crippen molar-refractivity contribution >= 4 is 23.2 Å². The highest BCUT2D eigenvalue weighted by Gasteiger charge is 2.35. The van der Waals surface area contributed by atoms with Crippen LogP contribution in [0.15, 0.2) is 41.1 Å². The van der Waals surface area contributed by atoms with Gasteiger partial charge in [0.2, 0.25) is 11.7 Å². The lowest BCUT2D eigenvalue weighted by atomic mass is 9.82. The quantitative estimate of drug-likeness (QED) is 0.772. The van der Waals surface area contributed by atoms with Gasteiger partial charge in [0, 0.05) is 11.6 Å². The van der Waals surface area contributed by atoms with Gasteiger partial charge in [-0.1, -0.05) is 48.7 Å². The van der Waals surface area contributed by atoms with Crippen molar-refractivity contribution < 1.29 is 4.52 Å². The number of fused-ring (bicyclic) bond motifs is 1. The van der Waals surface area contributed by atoms with Crippen LogP contribution >= 0.6 is 12.4 Å². The highest BCUT2D eigenvalue weighted by Crippen LogP contribution is 2.35. The molecule has 2 N–H and O–H groups in total. The Bertz CT molecular complexity index is 806. The Labute approximate surface area is 140 Å². The maximum atomic E-state index is 6.47. The van der Waals surface area contributed by atoms with E-state index >= 15 is 0 Å². The van der Waals surface area contributed by atoms with Crippen LogP contribution in [-0.4, -0.2) is 15.1 Å². The van der Waals surface area contributed by atoms with Crippen LogP contribution in [0.4, 0.5) is 0 Å². The summed E-state index contributed by atoms with van der Waals surface area (Å²) in [6.45, 7) is 0. The van der Waals surface area contributed by atoms with Gasteiger partial charge >= 0.3 is 0 Å². The van der Waals surface area contributed by atoms with Crippen LogP contribution in [0.1, 0.15) is 38.0 Å². The molecule has 0 bridgehead atoms. The van der Waals surface area contributed by atoms with E-state index in [1.54, 1.807) is 6.20 Å². The minimum atomic E-state index is -0.478. The Morgan fingerprint density at radius 3 is 2.65 bits per heavy atom. The lowest BCUT2D eigenvalue weighted by Gasteiger charge is -2.29. The van der Waals surface area contributed by atoms with Crippen molar-refractivity contribution in [2.24, 2.45) is 5.73 Å². The molecular weight excluding hydrogens is 312 g/mol. The molecule has 0 aliphatic heterocycles. The summed E-state index contributed by atoms with van der Waals surface area (Å²) < 4.78 is 5.48. The standard InChI is InChI=1S/C17H18N4O.ClH/c18-17(9-4-1-5-10-17)16-20-15(21-22-16)14-13-7-3-2-6-12(13)8-11-19-14;/h2-3,6-8,11H,1,4-5,9-10,18H2;1H. The third kappa shape index (κ3) is 2.82. The van der Waals surface area contributed by atoms with Crippen LogP contribution < -0.4 is 5.73 Å². The van der Waals surface area contributed by atoms with Crippen LogP contribution in [0.25, 0.3) is 22.3 Å². The molecule has 2 aromatic heterocycles. The number of benzene rings is 1. The highest BCUT2D eigenvalue weighted by molar-refractivity contribution is 5.92. The summed E-state index contributed by atoms with van der Waals surface area (Å²) >= 11 is 0. The number of aromatic nitrogens is 3. The highest BCUT2D eigenvalue weighted by atomic mass is 35.5. The number of hydrogen-bond acceptors (Lipinski definition) is 5. The molecule has 1 aliphatic carbocycles. The molecule has 23 heavy (non-hydrogen) atoms. The first-order valence-corrected chi connectivity index (χ1v) is 7.73. The zero-order valence-electron chi connectivity index (χ0n) is 12.7. The van der Waals surface area contributed by atoms with Crippen molar-refractivity contribution in [2.45, 2.75) is 37.6 Å². The van der Waals surface area contributed by atoms with Gasteiger partial charge in [-0.3, -0.25) is 4.98 Å². The van der Waals surface area contributed by atoms with E-state index in [2.05, 4.69) is 15.1 Å². The minimum Gasteiger partial charge on any atom is -0.337 e. The molecule has 1 aromatic carbocycles. The van der Waals surface area contributed by atoms with E-state index in [0.717, 1.165) is 42.1 Å². The third-order valence-electron chi connectivity index (χ3n) is 4.48. The van der Waals surface area contributed by atoms with Crippen LogP contribution in [0, 0.1) is 0 Å². The molecule has 4 rings (SSSR count). The van der Waals surface area contributed by atoms with Gasteiger partial charge in [-0.2, -0.15) is 4.98 Å². The molecule has 0 saturated heterocycles. The Morgan fingerprint density at radius 2 is 1.83 bits per heavy atom. The van der Waals surface area contributed by atoms with Gasteiger partial charge in [0.05, 0.1) is 5.54 Å². The second-order valence-electron chi connectivity index (χ2n) is 6.02. The molecule has 0 unspecified atom stereocenters. The molecule has 5 nitrogen and oxygen atoms in total. The van der Waals surface area contributed by atoms with E-state index in [0.29, 0.717) is 11.7 Å². The van der Waals surface area contributed by atoms with Crippen LogP contribution in [0.2, 0.25) is 0 Å². The molecule has 0 spiro atoms. The number of nitrogens with zero attached hydrogens (tertiary/aromatic N) is 3. The summed E-state index contributed by atoms with van der Waals surface area (Å²) in [5.41, 5.74) is 6.73. The van der Waals surface area contributed by atoms with Crippen molar-refractivity contribution in [1.82, 2.24) is 15.1 Å². The fourth-order valence-corrected chi connectivity index (χ4v) is 3.22. The van der Waals surface area contributed by atoms with Gasteiger partial charge in [0.1, 0.15) is 5.69 Å². The lowest BCUT2D eigenvalue weighted by molar-refractivity contribution is 0.220. The Morgan fingerprint density at radius 1 is 1.04 bits per heavy atom. The zero-order chi connectivity index (χ0) is 15.0. The summed E-state index contributed by atoms with van der Waals surface area (Å²) in [5.74, 6) is 1.05. The molecule has 120 valence electrons. The SMILES string of the molecule is Cl.NC1(c2nc(-c3nccc4ccccc34)no2)CCCCC1. The fourth-order valence-electron chi connectivity index (χ4n) is 3.22. The minimum absolute atomic E-state index is 0. The second-order valence-corrected chi connectivity index (χ2v) is 6.02. The monoisotopic (exact) mass is 330 g/mol. The van der Waals surface area contributed by atoms with E-state index in [1.807, 2.05) is 30.3 Å². The normalized spacial score (nSPS) is 16.9. The van der Waals surface area contributed by atoms with Gasteiger partial charge in [0.15, 0.2) is 0 Å². The summed E-state index contributed by atoms with van der Waals surface area (Å²) in [6.07, 6.45) is 7.02. The van der Waals surface area contributed by atoms with Gasteiger partial charge in [-0.05, 0) is 24.3 Å². The van der Waals surface area contributed by atoms with Crippen molar-refractivity contribution in [2.75, 3.05) is 0 Å².